The summed E-state index contributed by atoms with van der Waals surface area (Å²) in [6.07, 6.45) is -0.664. The molecule has 3 aromatic carbocycles. The maximum Gasteiger partial charge on any atom is 0.255 e. The van der Waals surface area contributed by atoms with Crippen LogP contribution in [-0.4, -0.2) is 14.3 Å². The molecule has 9 heteroatoms. The summed E-state index contributed by atoms with van der Waals surface area (Å²) in [5, 5.41) is 5.67. The molecule has 0 aromatic heterocycles. The van der Waals surface area contributed by atoms with Crippen molar-refractivity contribution in [3.05, 3.63) is 88.7 Å². The normalized spacial score (nSPS) is 17.1. The lowest BCUT2D eigenvalue weighted by Crippen LogP contribution is -2.38. The van der Waals surface area contributed by atoms with E-state index in [9.17, 15) is 17.6 Å². The number of nitrogens with one attached hydrogen (secondary N) is 3. The zero-order valence-corrected chi connectivity index (χ0v) is 16.4. The van der Waals surface area contributed by atoms with Gasteiger partial charge in [-0.05, 0) is 48.0 Å². The molecule has 0 aliphatic carbocycles. The smallest absolute Gasteiger partial charge is 0.255 e. The average molecular weight is 432 g/mol. The van der Waals surface area contributed by atoms with Crippen molar-refractivity contribution >= 4 is 38.9 Å². The van der Waals surface area contributed by atoms with Crippen molar-refractivity contribution in [3.63, 3.8) is 0 Å². The van der Waals surface area contributed by atoms with E-state index in [1.807, 2.05) is 0 Å². The molecule has 4 rings (SSSR count). The summed E-state index contributed by atoms with van der Waals surface area (Å²) in [6, 6.07) is 17.0. The van der Waals surface area contributed by atoms with Gasteiger partial charge in [0.2, 0.25) is 10.0 Å². The number of sulfonamides is 1. The number of carbonyl (C=O) groups is 1. The molecule has 0 saturated carbocycles. The number of carbonyl (C=O) groups excluding carboxylic acids is 1. The van der Waals surface area contributed by atoms with Gasteiger partial charge in [0.05, 0.1) is 10.7 Å². The van der Waals surface area contributed by atoms with Gasteiger partial charge in [-0.25, -0.2) is 12.8 Å². The highest BCUT2D eigenvalue weighted by Gasteiger charge is 2.29. The van der Waals surface area contributed by atoms with Gasteiger partial charge in [0, 0.05) is 11.3 Å². The predicted molar refractivity (Wildman–Crippen MR) is 109 cm³/mol. The Hall–Kier alpha value is -2.94. The van der Waals surface area contributed by atoms with Gasteiger partial charge >= 0.3 is 0 Å². The highest BCUT2D eigenvalue weighted by molar-refractivity contribution is 7.89. The van der Waals surface area contributed by atoms with Gasteiger partial charge < -0.3 is 10.6 Å². The van der Waals surface area contributed by atoms with E-state index in [4.69, 9.17) is 11.6 Å². The zero-order chi connectivity index (χ0) is 20.6. The molecule has 148 valence electrons. The number of halogens is 2. The molecular formula is C20H15ClFN3O3S. The molecule has 3 N–H and O–H groups in total. The number of rotatable bonds is 3. The third kappa shape index (κ3) is 3.95. The minimum atomic E-state index is -3.65. The third-order valence-corrected chi connectivity index (χ3v) is 6.20. The minimum absolute atomic E-state index is 0.0888. The molecule has 6 nitrogen and oxygen atoms in total. The maximum absolute atomic E-state index is 13.2. The monoisotopic (exact) mass is 431 g/mol. The third-order valence-electron chi connectivity index (χ3n) is 4.43. The Bertz CT molecular complexity index is 1200. The first-order chi connectivity index (χ1) is 13.8. The first-order valence-corrected chi connectivity index (χ1v) is 10.4. The van der Waals surface area contributed by atoms with E-state index in [1.54, 1.807) is 42.5 Å². The van der Waals surface area contributed by atoms with E-state index in [1.165, 1.54) is 24.3 Å². The van der Waals surface area contributed by atoms with Gasteiger partial charge in [-0.3, -0.25) is 4.79 Å². The average Bonchev–Trinajstić information content (AvgIpc) is 2.70. The Morgan fingerprint density at radius 2 is 1.76 bits per heavy atom. The lowest BCUT2D eigenvalue weighted by atomic mass is 10.1. The van der Waals surface area contributed by atoms with Crippen molar-refractivity contribution in [2.45, 2.75) is 11.1 Å². The molecule has 1 atom stereocenters. The van der Waals surface area contributed by atoms with Crippen LogP contribution in [0.2, 0.25) is 5.02 Å². The molecule has 0 spiro atoms. The summed E-state index contributed by atoms with van der Waals surface area (Å²) in [5.41, 5.74) is 1.87. The molecule has 0 bridgehead atoms. The second-order valence-corrected chi connectivity index (χ2v) is 8.49. The molecule has 0 fully saturated rings. The highest BCUT2D eigenvalue weighted by Crippen LogP contribution is 2.30. The van der Waals surface area contributed by atoms with Crippen molar-refractivity contribution in [2.75, 3.05) is 10.6 Å². The largest absolute Gasteiger partial charge is 0.364 e. The van der Waals surface area contributed by atoms with E-state index in [2.05, 4.69) is 15.4 Å². The van der Waals surface area contributed by atoms with Crippen molar-refractivity contribution < 1.29 is 17.6 Å². The number of fused-ring (bicyclic) bond motifs is 1. The van der Waals surface area contributed by atoms with Crippen LogP contribution in [0.15, 0.2) is 71.6 Å². The fraction of sp³-hybridized carbons (Fsp3) is 0.0500. The highest BCUT2D eigenvalue weighted by atomic mass is 35.5. The number of anilines is 2. The van der Waals surface area contributed by atoms with Gasteiger partial charge in [0.15, 0.2) is 0 Å². The van der Waals surface area contributed by atoms with Crippen LogP contribution in [0, 0.1) is 5.82 Å². The zero-order valence-electron chi connectivity index (χ0n) is 14.8. The molecule has 1 amide bonds. The van der Waals surface area contributed by atoms with Gasteiger partial charge in [-0.2, -0.15) is 4.72 Å². The van der Waals surface area contributed by atoms with E-state index in [0.29, 0.717) is 22.5 Å². The van der Waals surface area contributed by atoms with Crippen LogP contribution >= 0.6 is 11.6 Å². The molecule has 3 aromatic rings. The molecular weight excluding hydrogens is 417 g/mol. The van der Waals surface area contributed by atoms with E-state index in [-0.39, 0.29) is 9.92 Å². The summed E-state index contributed by atoms with van der Waals surface area (Å²) < 4.78 is 40.7. The SMILES string of the molecule is O=C(Nc1ccc(F)c(Cl)c1)c1ccc(C2Nc3ccccc3S(=O)(=O)N2)cc1. The van der Waals surface area contributed by atoms with Crippen LogP contribution in [0.5, 0.6) is 0 Å². The van der Waals surface area contributed by atoms with Gasteiger partial charge in [0.1, 0.15) is 16.9 Å². The Labute approximate surface area is 171 Å². The Kier molecular flexibility index (Phi) is 4.99. The number of para-hydroxylation sites is 1. The Morgan fingerprint density at radius 1 is 1.03 bits per heavy atom. The topological polar surface area (TPSA) is 87.3 Å². The second kappa shape index (κ2) is 7.47. The lowest BCUT2D eigenvalue weighted by molar-refractivity contribution is 0.102. The standard InChI is InChI=1S/C20H15ClFN3O3S/c21-15-11-14(9-10-16(15)22)23-20(26)13-7-5-12(6-8-13)19-24-17-3-1-2-4-18(17)29(27,28)25-19/h1-11,19,24-25H,(H,23,26). The molecule has 0 radical (unpaired) electrons. The van der Waals surface area contributed by atoms with Crippen molar-refractivity contribution in [3.8, 4) is 0 Å². The van der Waals surface area contributed by atoms with E-state index in [0.717, 1.165) is 0 Å². The predicted octanol–water partition coefficient (Wildman–Crippen LogP) is 4.13. The number of benzene rings is 3. The van der Waals surface area contributed by atoms with Crippen LogP contribution in [0.1, 0.15) is 22.1 Å². The van der Waals surface area contributed by atoms with Crippen LogP contribution in [0.3, 0.4) is 0 Å². The molecule has 0 saturated heterocycles. The van der Waals surface area contributed by atoms with Crippen LogP contribution in [0.4, 0.5) is 15.8 Å². The van der Waals surface area contributed by atoms with Crippen LogP contribution < -0.4 is 15.4 Å². The van der Waals surface area contributed by atoms with Gasteiger partial charge in [0.25, 0.3) is 5.91 Å². The second-order valence-electron chi connectivity index (χ2n) is 6.40. The molecule has 1 unspecified atom stereocenters. The van der Waals surface area contributed by atoms with Gasteiger partial charge in [-0.15, -0.1) is 0 Å². The summed E-state index contributed by atoms with van der Waals surface area (Å²) in [7, 11) is -3.65. The minimum Gasteiger partial charge on any atom is -0.364 e. The lowest BCUT2D eigenvalue weighted by Gasteiger charge is -2.28. The first kappa shape index (κ1) is 19.4. The molecule has 1 aliphatic heterocycles. The Balaban J connectivity index is 1.52. The quantitative estimate of drug-likeness (QED) is 0.581. The van der Waals surface area contributed by atoms with Crippen molar-refractivity contribution in [2.24, 2.45) is 0 Å². The molecule has 29 heavy (non-hydrogen) atoms. The maximum atomic E-state index is 13.2. The van der Waals surface area contributed by atoms with Crippen LogP contribution in [-0.2, 0) is 10.0 Å². The fourth-order valence-corrected chi connectivity index (χ4v) is 4.47. The van der Waals surface area contributed by atoms with E-state index >= 15 is 0 Å². The van der Waals surface area contributed by atoms with Crippen molar-refractivity contribution in [1.82, 2.24) is 4.72 Å². The molecule has 1 aliphatic rings. The molecule has 1 heterocycles. The summed E-state index contributed by atoms with van der Waals surface area (Å²) in [5.74, 6) is -0.972. The summed E-state index contributed by atoms with van der Waals surface area (Å²) in [6.45, 7) is 0. The number of hydrogen-bond donors (Lipinski definition) is 3. The summed E-state index contributed by atoms with van der Waals surface area (Å²) >= 11 is 5.72. The van der Waals surface area contributed by atoms with Crippen LogP contribution in [0.25, 0.3) is 0 Å². The van der Waals surface area contributed by atoms with E-state index < -0.39 is 27.9 Å². The number of amides is 1. The first-order valence-electron chi connectivity index (χ1n) is 8.58. The fourth-order valence-electron chi connectivity index (χ4n) is 2.98. The Morgan fingerprint density at radius 3 is 2.48 bits per heavy atom. The summed E-state index contributed by atoms with van der Waals surface area (Å²) in [4.78, 5) is 12.6. The van der Waals surface area contributed by atoms with Crippen molar-refractivity contribution in [1.29, 1.82) is 0 Å². The number of hydrogen-bond acceptors (Lipinski definition) is 4. The van der Waals surface area contributed by atoms with Gasteiger partial charge in [-0.1, -0.05) is 35.9 Å².